The number of benzene rings is 2. The van der Waals surface area contributed by atoms with E-state index >= 15 is 0 Å². The first-order valence-electron chi connectivity index (χ1n) is 5.87. The zero-order chi connectivity index (χ0) is 15.6. The lowest BCUT2D eigenvalue weighted by molar-refractivity contribution is 0.0697. The van der Waals surface area contributed by atoms with Crippen molar-refractivity contribution in [2.75, 3.05) is 11.6 Å². The molecule has 2 aromatic carbocycles. The van der Waals surface area contributed by atoms with Gasteiger partial charge in [0.2, 0.25) is 0 Å². The highest BCUT2D eigenvalue weighted by Gasteiger charge is 2.10. The molecule has 2 aromatic rings. The van der Waals surface area contributed by atoms with Crippen molar-refractivity contribution in [3.05, 3.63) is 53.1 Å². The molecule has 110 valence electrons. The molecule has 21 heavy (non-hydrogen) atoms. The lowest BCUT2D eigenvalue weighted by Crippen LogP contribution is -2.00. The zero-order valence-electron chi connectivity index (χ0n) is 11.0. The molecule has 0 saturated carbocycles. The first kappa shape index (κ1) is 15.3. The molecule has 2 N–H and O–H groups in total. The zero-order valence-corrected chi connectivity index (χ0v) is 12.6. The van der Waals surface area contributed by atoms with Crippen LogP contribution in [0.2, 0.25) is 5.02 Å². The maximum Gasteiger partial charge on any atom is 0.337 e. The summed E-state index contributed by atoms with van der Waals surface area (Å²) in [6, 6.07) is 10.7. The number of hydrogen-bond donors (Lipinski definition) is 2. The van der Waals surface area contributed by atoms with E-state index in [1.165, 1.54) is 24.3 Å². The second-order valence-electron chi connectivity index (χ2n) is 4.42. The average Bonchev–Trinajstić information content (AvgIpc) is 2.40. The second kappa shape index (κ2) is 5.75. The topological polar surface area (TPSA) is 83.5 Å². The predicted octanol–water partition coefficient (Wildman–Crippen LogP) is 3.19. The van der Waals surface area contributed by atoms with Crippen molar-refractivity contribution >= 4 is 38.8 Å². The van der Waals surface area contributed by atoms with Crippen molar-refractivity contribution in [2.24, 2.45) is 0 Å². The van der Waals surface area contributed by atoms with Crippen molar-refractivity contribution in [1.82, 2.24) is 0 Å². The van der Waals surface area contributed by atoms with Gasteiger partial charge in [-0.25, -0.2) is 13.2 Å². The highest BCUT2D eigenvalue weighted by molar-refractivity contribution is 7.90. The monoisotopic (exact) mass is 325 g/mol. The van der Waals surface area contributed by atoms with Gasteiger partial charge in [-0.05, 0) is 42.5 Å². The molecule has 0 unspecified atom stereocenters. The Hall–Kier alpha value is -2.05. The average molecular weight is 326 g/mol. The molecule has 0 aliphatic rings. The van der Waals surface area contributed by atoms with E-state index in [9.17, 15) is 13.2 Å². The van der Waals surface area contributed by atoms with E-state index in [1.54, 1.807) is 18.2 Å². The molecule has 2 rings (SSSR count). The van der Waals surface area contributed by atoms with Crippen LogP contribution < -0.4 is 5.32 Å². The largest absolute Gasteiger partial charge is 0.478 e. The third-order valence-corrected chi connectivity index (χ3v) is 4.23. The molecule has 0 aliphatic carbocycles. The van der Waals surface area contributed by atoms with Crippen LogP contribution in [0.4, 0.5) is 11.4 Å². The minimum atomic E-state index is -3.24. The number of carboxylic acid groups (broad SMARTS) is 1. The standard InChI is InChI=1S/C14H12ClNO4S/c1-21(19,20)11-5-2-9(3-6-11)16-10-4-7-13(15)12(8-10)14(17)18/h2-8,16H,1H3,(H,17,18). The number of aromatic carboxylic acids is 1. The molecule has 0 spiro atoms. The van der Waals surface area contributed by atoms with Crippen molar-refractivity contribution < 1.29 is 18.3 Å². The predicted molar refractivity (Wildman–Crippen MR) is 81.2 cm³/mol. The van der Waals surface area contributed by atoms with Crippen LogP contribution in [0.25, 0.3) is 0 Å². The number of sulfone groups is 1. The van der Waals surface area contributed by atoms with Crippen LogP contribution in [0.5, 0.6) is 0 Å². The van der Waals surface area contributed by atoms with Crippen LogP contribution >= 0.6 is 11.6 Å². The Kier molecular flexibility index (Phi) is 4.20. The summed E-state index contributed by atoms with van der Waals surface area (Å²) in [6.45, 7) is 0. The van der Waals surface area contributed by atoms with Gasteiger partial charge >= 0.3 is 5.97 Å². The maximum absolute atomic E-state index is 11.4. The van der Waals surface area contributed by atoms with Gasteiger partial charge in [0.1, 0.15) is 0 Å². The molecule has 0 fully saturated rings. The number of carboxylic acids is 1. The van der Waals surface area contributed by atoms with Crippen LogP contribution in [0.3, 0.4) is 0 Å². The van der Waals surface area contributed by atoms with Crippen LogP contribution in [-0.2, 0) is 9.84 Å². The molecule has 0 aromatic heterocycles. The van der Waals surface area contributed by atoms with Crippen LogP contribution in [0.15, 0.2) is 47.4 Å². The molecule has 0 atom stereocenters. The van der Waals surface area contributed by atoms with Gasteiger partial charge in [0.25, 0.3) is 0 Å². The molecule has 0 radical (unpaired) electrons. The third kappa shape index (κ3) is 3.74. The number of hydrogen-bond acceptors (Lipinski definition) is 4. The van der Waals surface area contributed by atoms with E-state index in [4.69, 9.17) is 16.7 Å². The van der Waals surface area contributed by atoms with E-state index in [-0.39, 0.29) is 15.5 Å². The van der Waals surface area contributed by atoms with E-state index < -0.39 is 15.8 Å². The van der Waals surface area contributed by atoms with Crippen LogP contribution in [0, 0.1) is 0 Å². The van der Waals surface area contributed by atoms with Crippen molar-refractivity contribution in [3.63, 3.8) is 0 Å². The molecule has 0 heterocycles. The summed E-state index contributed by atoms with van der Waals surface area (Å²) in [6.07, 6.45) is 1.13. The number of nitrogens with one attached hydrogen (secondary N) is 1. The third-order valence-electron chi connectivity index (χ3n) is 2.77. The fraction of sp³-hybridized carbons (Fsp3) is 0.0714. The first-order chi connectivity index (χ1) is 9.77. The fourth-order valence-corrected chi connectivity index (χ4v) is 2.55. The Balaban J connectivity index is 2.26. The maximum atomic E-state index is 11.4. The number of rotatable bonds is 4. The summed E-state index contributed by atoms with van der Waals surface area (Å²) >= 11 is 5.79. The molecule has 0 saturated heterocycles. The first-order valence-corrected chi connectivity index (χ1v) is 8.14. The Labute approximate surface area is 127 Å². The van der Waals surface area contributed by atoms with Crippen LogP contribution in [0.1, 0.15) is 10.4 Å². The lowest BCUT2D eigenvalue weighted by Gasteiger charge is -2.09. The van der Waals surface area contributed by atoms with Gasteiger partial charge < -0.3 is 10.4 Å². The summed E-state index contributed by atoms with van der Waals surface area (Å²) in [7, 11) is -3.24. The van der Waals surface area contributed by atoms with Gasteiger partial charge in [-0.2, -0.15) is 0 Å². The molecule has 0 amide bonds. The van der Waals surface area contributed by atoms with Gasteiger partial charge in [-0.1, -0.05) is 11.6 Å². The number of anilines is 2. The van der Waals surface area contributed by atoms with Gasteiger partial charge in [-0.3, -0.25) is 0 Å². The normalized spacial score (nSPS) is 11.1. The number of carbonyl (C=O) groups is 1. The van der Waals surface area contributed by atoms with Crippen molar-refractivity contribution in [3.8, 4) is 0 Å². The summed E-state index contributed by atoms with van der Waals surface area (Å²) < 4.78 is 22.7. The summed E-state index contributed by atoms with van der Waals surface area (Å²) in [4.78, 5) is 11.2. The van der Waals surface area contributed by atoms with E-state index in [0.717, 1.165) is 6.26 Å². The van der Waals surface area contributed by atoms with Gasteiger partial charge in [0, 0.05) is 17.6 Å². The second-order valence-corrected chi connectivity index (χ2v) is 6.84. The Morgan fingerprint density at radius 1 is 1.10 bits per heavy atom. The quantitative estimate of drug-likeness (QED) is 0.902. The molecule has 5 nitrogen and oxygen atoms in total. The SMILES string of the molecule is CS(=O)(=O)c1ccc(Nc2ccc(Cl)c(C(=O)O)c2)cc1. The minimum Gasteiger partial charge on any atom is -0.478 e. The smallest absolute Gasteiger partial charge is 0.337 e. The van der Waals surface area contributed by atoms with Crippen molar-refractivity contribution in [2.45, 2.75) is 4.90 Å². The lowest BCUT2D eigenvalue weighted by atomic mass is 10.2. The molecule has 0 aliphatic heterocycles. The molecule has 0 bridgehead atoms. The number of halogens is 1. The summed E-state index contributed by atoms with van der Waals surface area (Å²) in [5, 5.41) is 12.1. The minimum absolute atomic E-state index is 0.00516. The van der Waals surface area contributed by atoms with E-state index in [0.29, 0.717) is 11.4 Å². The van der Waals surface area contributed by atoms with Gasteiger partial charge in [-0.15, -0.1) is 0 Å². The summed E-state index contributed by atoms with van der Waals surface area (Å²) in [5.74, 6) is -1.11. The van der Waals surface area contributed by atoms with Crippen LogP contribution in [-0.4, -0.2) is 25.7 Å². The Bertz CT molecular complexity index is 785. The van der Waals surface area contributed by atoms with Crippen molar-refractivity contribution in [1.29, 1.82) is 0 Å². The van der Waals surface area contributed by atoms with Gasteiger partial charge in [0.05, 0.1) is 15.5 Å². The molecule has 7 heteroatoms. The van der Waals surface area contributed by atoms with Gasteiger partial charge in [0.15, 0.2) is 9.84 Å². The Morgan fingerprint density at radius 3 is 2.19 bits per heavy atom. The van der Waals surface area contributed by atoms with E-state index in [1.807, 2.05) is 0 Å². The van der Waals surface area contributed by atoms with E-state index in [2.05, 4.69) is 5.32 Å². The summed E-state index contributed by atoms with van der Waals surface area (Å²) in [5.41, 5.74) is 1.18. The Morgan fingerprint density at radius 2 is 1.67 bits per heavy atom. The molecular formula is C14H12ClNO4S. The molecular weight excluding hydrogens is 314 g/mol. The highest BCUT2D eigenvalue weighted by Crippen LogP contribution is 2.24. The highest BCUT2D eigenvalue weighted by atomic mass is 35.5. The fourth-order valence-electron chi connectivity index (χ4n) is 1.72.